The monoisotopic (exact) mass is 329 g/mol. The molecule has 120 valence electrons. The Labute approximate surface area is 141 Å². The largest absolute Gasteiger partial charge is 0.417 e. The number of aromatic nitrogens is 2. The summed E-state index contributed by atoms with van der Waals surface area (Å²) in [6, 6.07) is 17.6. The predicted molar refractivity (Wildman–Crippen MR) is 96.5 cm³/mol. The fraction of sp³-hybridized carbons (Fsp3) is 0.0500. The van der Waals surface area contributed by atoms with Gasteiger partial charge in [-0.25, -0.2) is 14.2 Å². The summed E-state index contributed by atoms with van der Waals surface area (Å²) in [5.74, 6) is 0.957. The van der Waals surface area contributed by atoms with E-state index in [0.29, 0.717) is 16.9 Å². The molecule has 0 aliphatic heterocycles. The van der Waals surface area contributed by atoms with Crippen LogP contribution in [0.15, 0.2) is 68.2 Å². The zero-order valence-corrected chi connectivity index (χ0v) is 13.4. The van der Waals surface area contributed by atoms with E-state index in [2.05, 4.69) is 4.98 Å². The van der Waals surface area contributed by atoms with Crippen LogP contribution in [0, 0.1) is 6.92 Å². The van der Waals surface area contributed by atoms with Crippen molar-refractivity contribution < 1.29 is 8.83 Å². The van der Waals surface area contributed by atoms with Crippen molar-refractivity contribution in [2.75, 3.05) is 0 Å². The minimum absolute atomic E-state index is 0.468. The minimum atomic E-state index is -0.468. The fourth-order valence-corrected chi connectivity index (χ4v) is 3.18. The van der Waals surface area contributed by atoms with Crippen LogP contribution in [0.1, 0.15) is 5.76 Å². The van der Waals surface area contributed by atoms with Crippen LogP contribution in [0.2, 0.25) is 0 Å². The smallest absolute Gasteiger partial charge is 0.408 e. The lowest BCUT2D eigenvalue weighted by atomic mass is 10.1. The topological polar surface area (TPSA) is 70.2 Å². The third-order valence-corrected chi connectivity index (χ3v) is 4.29. The van der Waals surface area contributed by atoms with E-state index in [9.17, 15) is 4.79 Å². The number of hydrogen-bond acceptors (Lipinski definition) is 3. The molecule has 0 saturated carbocycles. The molecule has 0 spiro atoms. The van der Waals surface area contributed by atoms with Crippen LogP contribution in [-0.2, 0) is 0 Å². The number of hydrogen-bond donors (Lipinski definition) is 1. The summed E-state index contributed by atoms with van der Waals surface area (Å²) in [5.41, 5.74) is 2.81. The van der Waals surface area contributed by atoms with Gasteiger partial charge in [0, 0.05) is 22.9 Å². The van der Waals surface area contributed by atoms with Crippen molar-refractivity contribution in [1.82, 2.24) is 9.97 Å². The predicted octanol–water partition coefficient (Wildman–Crippen LogP) is 4.67. The van der Waals surface area contributed by atoms with Crippen LogP contribution >= 0.6 is 0 Å². The molecule has 2 aromatic carbocycles. The van der Waals surface area contributed by atoms with Crippen molar-refractivity contribution in [3.05, 3.63) is 70.9 Å². The quantitative estimate of drug-likeness (QED) is 0.454. The molecule has 5 rings (SSSR count). The summed E-state index contributed by atoms with van der Waals surface area (Å²) in [4.78, 5) is 18.9. The second-order valence-corrected chi connectivity index (χ2v) is 6.03. The number of benzene rings is 2. The number of aromatic amines is 1. The van der Waals surface area contributed by atoms with Gasteiger partial charge in [0.15, 0.2) is 11.3 Å². The Bertz CT molecular complexity index is 1330. The van der Waals surface area contributed by atoms with Gasteiger partial charge in [0.05, 0.1) is 23.3 Å². The van der Waals surface area contributed by atoms with Crippen molar-refractivity contribution in [2.24, 2.45) is 0 Å². The number of nitrogens with zero attached hydrogens (tertiary/aromatic N) is 1. The van der Waals surface area contributed by atoms with E-state index in [4.69, 9.17) is 13.8 Å². The molecule has 0 saturated heterocycles. The number of nitrogens with one attached hydrogen (secondary N) is 1. The van der Waals surface area contributed by atoms with Gasteiger partial charge >= 0.3 is 17.3 Å². The molecule has 0 fully saturated rings. The Morgan fingerprint density at radius 3 is 2.84 bits per heavy atom. The first-order chi connectivity index (χ1) is 12.2. The van der Waals surface area contributed by atoms with E-state index in [-0.39, 0.29) is 0 Å². The van der Waals surface area contributed by atoms with Gasteiger partial charge in [-0.15, -0.1) is 0 Å². The van der Waals surface area contributed by atoms with Gasteiger partial charge in [0.25, 0.3) is 0 Å². The Morgan fingerprint density at radius 1 is 1.04 bits per heavy atom. The number of oxazole rings is 1. The zero-order chi connectivity index (χ0) is 17.0. The van der Waals surface area contributed by atoms with Crippen molar-refractivity contribution >= 4 is 32.8 Å². The molecule has 3 aromatic heterocycles. The Kier molecular flexibility index (Phi) is 2.79. The Balaban J connectivity index is 1.86. The summed E-state index contributed by atoms with van der Waals surface area (Å²) >= 11 is 0. The van der Waals surface area contributed by atoms with Crippen molar-refractivity contribution in [2.45, 2.75) is 6.92 Å². The second kappa shape index (κ2) is 5.01. The molecular formula is C20H13N2O3+. The molecule has 0 radical (unpaired) electrons. The molecule has 25 heavy (non-hydrogen) atoms. The summed E-state index contributed by atoms with van der Waals surface area (Å²) in [7, 11) is 0. The average molecular weight is 329 g/mol. The van der Waals surface area contributed by atoms with Crippen LogP contribution in [0.25, 0.3) is 44.2 Å². The molecular weight excluding hydrogens is 316 g/mol. The van der Waals surface area contributed by atoms with Gasteiger partial charge < -0.3 is 4.42 Å². The van der Waals surface area contributed by atoms with Gasteiger partial charge in [-0.05, 0) is 18.2 Å². The normalized spacial score (nSPS) is 11.6. The van der Waals surface area contributed by atoms with Crippen LogP contribution in [0.4, 0.5) is 0 Å². The lowest BCUT2D eigenvalue weighted by Crippen LogP contribution is -1.92. The van der Waals surface area contributed by atoms with E-state index in [1.165, 1.54) is 0 Å². The highest BCUT2D eigenvalue weighted by molar-refractivity contribution is 6.00. The highest BCUT2D eigenvalue weighted by Crippen LogP contribution is 2.32. The maximum absolute atomic E-state index is 11.5. The highest BCUT2D eigenvalue weighted by atomic mass is 16.4. The first kappa shape index (κ1) is 13.9. The maximum atomic E-state index is 11.5. The number of H-pyrrole nitrogens is 1. The number of pyridine rings is 1. The number of para-hydroxylation sites is 1. The molecule has 0 aliphatic carbocycles. The van der Waals surface area contributed by atoms with E-state index >= 15 is 0 Å². The van der Waals surface area contributed by atoms with Gasteiger partial charge in [-0.3, -0.25) is 4.98 Å². The van der Waals surface area contributed by atoms with Crippen molar-refractivity contribution in [3.63, 3.8) is 0 Å². The second-order valence-electron chi connectivity index (χ2n) is 6.03. The molecule has 1 N–H and O–H groups in total. The number of fused-ring (bicyclic) bond motifs is 3. The average Bonchev–Trinajstić information content (AvgIpc) is 2.97. The SMILES string of the molecule is Cc1cc2cc3[nH]c(=O)oc3cc2c(-c2ccc3ccccc3n2)[o+]1. The molecule has 3 heterocycles. The van der Waals surface area contributed by atoms with Gasteiger partial charge in [0.2, 0.25) is 0 Å². The Morgan fingerprint density at radius 2 is 1.92 bits per heavy atom. The number of aryl methyl sites for hydroxylation is 1. The molecule has 0 atom stereocenters. The summed E-state index contributed by atoms with van der Waals surface area (Å²) in [5, 5.41) is 2.88. The van der Waals surface area contributed by atoms with E-state index in [0.717, 1.165) is 33.1 Å². The lowest BCUT2D eigenvalue weighted by Gasteiger charge is -2.01. The van der Waals surface area contributed by atoms with E-state index in [1.54, 1.807) is 0 Å². The summed E-state index contributed by atoms with van der Waals surface area (Å²) in [6.45, 7) is 1.90. The van der Waals surface area contributed by atoms with Gasteiger partial charge in [-0.1, -0.05) is 24.3 Å². The van der Waals surface area contributed by atoms with Crippen LogP contribution < -0.4 is 5.76 Å². The third kappa shape index (κ3) is 2.21. The highest BCUT2D eigenvalue weighted by Gasteiger charge is 2.22. The molecule has 0 aliphatic rings. The third-order valence-electron chi connectivity index (χ3n) is 4.29. The molecule has 0 unspecified atom stereocenters. The van der Waals surface area contributed by atoms with E-state index in [1.807, 2.05) is 61.5 Å². The van der Waals surface area contributed by atoms with Crippen LogP contribution in [-0.4, -0.2) is 9.97 Å². The summed E-state index contributed by atoms with van der Waals surface area (Å²) in [6.07, 6.45) is 0. The molecule has 5 aromatic rings. The molecule has 5 nitrogen and oxygen atoms in total. The van der Waals surface area contributed by atoms with Gasteiger partial charge in [-0.2, -0.15) is 0 Å². The van der Waals surface area contributed by atoms with Crippen LogP contribution in [0.5, 0.6) is 0 Å². The first-order valence-electron chi connectivity index (χ1n) is 7.94. The Hall–Kier alpha value is -3.47. The van der Waals surface area contributed by atoms with Gasteiger partial charge in [0.1, 0.15) is 0 Å². The zero-order valence-electron chi connectivity index (χ0n) is 13.4. The maximum Gasteiger partial charge on any atom is 0.417 e. The lowest BCUT2D eigenvalue weighted by molar-refractivity contribution is 0.535. The number of rotatable bonds is 1. The molecule has 5 heteroatoms. The standard InChI is InChI=1S/C20H12N2O3/c1-11-8-13-9-17-18(25-20(23)22-17)10-14(13)19(24-11)16-7-6-12-4-2-3-5-15(12)21-16/h2-10H,1H3/p+1. The van der Waals surface area contributed by atoms with Crippen LogP contribution in [0.3, 0.4) is 0 Å². The first-order valence-corrected chi connectivity index (χ1v) is 7.94. The fourth-order valence-electron chi connectivity index (χ4n) is 3.18. The summed E-state index contributed by atoms with van der Waals surface area (Å²) < 4.78 is 11.2. The van der Waals surface area contributed by atoms with Crippen molar-refractivity contribution in [1.29, 1.82) is 0 Å². The molecule has 0 amide bonds. The van der Waals surface area contributed by atoms with E-state index < -0.39 is 5.76 Å². The minimum Gasteiger partial charge on any atom is -0.408 e. The van der Waals surface area contributed by atoms with Crippen molar-refractivity contribution in [3.8, 4) is 11.5 Å². The molecule has 0 bridgehead atoms.